The third kappa shape index (κ3) is 7.57. The van der Waals surface area contributed by atoms with Gasteiger partial charge < -0.3 is 25.8 Å². The van der Waals surface area contributed by atoms with E-state index in [0.717, 1.165) is 0 Å². The Kier molecular flexibility index (Phi) is 9.10. The average Bonchev–Trinajstić information content (AvgIpc) is 2.38. The number of rotatable bonds is 10. The number of amides is 3. The summed E-state index contributed by atoms with van der Waals surface area (Å²) in [5.41, 5.74) is 4.97. The lowest BCUT2D eigenvalue weighted by Gasteiger charge is -2.23. The van der Waals surface area contributed by atoms with Crippen molar-refractivity contribution in [3.63, 3.8) is 0 Å². The number of carboxylic acid groups (broad SMARTS) is 1. The van der Waals surface area contributed by atoms with E-state index >= 15 is 0 Å². The summed E-state index contributed by atoms with van der Waals surface area (Å²) in [6.07, 6.45) is -0.123. The molecule has 0 radical (unpaired) electrons. The SMILES string of the molecule is CCOCCN(CC)C(=O)NC(CCC(N)=O)C(=O)O. The molecule has 0 heterocycles. The normalized spacial score (nSPS) is 11.7. The van der Waals surface area contributed by atoms with Crippen molar-refractivity contribution in [1.29, 1.82) is 0 Å². The number of ether oxygens (including phenoxy) is 1. The van der Waals surface area contributed by atoms with Gasteiger partial charge in [0, 0.05) is 26.1 Å². The minimum absolute atomic E-state index is 0.0284. The standard InChI is InChI=1S/C12H23N3O5/c1-3-15(7-8-20-4-2)12(19)14-9(11(17)18)5-6-10(13)16/h9H,3-8H2,1-2H3,(H2,13,16)(H,14,19)(H,17,18). The predicted octanol–water partition coefficient (Wildman–Crippen LogP) is -0.227. The van der Waals surface area contributed by atoms with Gasteiger partial charge in [-0.05, 0) is 20.3 Å². The van der Waals surface area contributed by atoms with Gasteiger partial charge in [0.1, 0.15) is 6.04 Å². The van der Waals surface area contributed by atoms with Crippen LogP contribution in [0.25, 0.3) is 0 Å². The molecule has 0 aromatic carbocycles. The Labute approximate surface area is 118 Å². The molecule has 1 unspecified atom stereocenters. The van der Waals surface area contributed by atoms with Crippen molar-refractivity contribution in [2.24, 2.45) is 5.73 Å². The molecule has 0 spiro atoms. The molecule has 116 valence electrons. The topological polar surface area (TPSA) is 122 Å². The number of nitrogens with one attached hydrogen (secondary N) is 1. The molecule has 0 fully saturated rings. The number of aliphatic carboxylic acids is 1. The molecule has 8 heteroatoms. The highest BCUT2D eigenvalue weighted by molar-refractivity contribution is 5.83. The summed E-state index contributed by atoms with van der Waals surface area (Å²) in [5.74, 6) is -1.80. The fourth-order valence-electron chi connectivity index (χ4n) is 1.51. The van der Waals surface area contributed by atoms with E-state index in [-0.39, 0.29) is 12.8 Å². The smallest absolute Gasteiger partial charge is 0.326 e. The van der Waals surface area contributed by atoms with Gasteiger partial charge in [0.05, 0.1) is 6.61 Å². The zero-order chi connectivity index (χ0) is 15.5. The van der Waals surface area contributed by atoms with E-state index in [4.69, 9.17) is 15.6 Å². The molecule has 0 aliphatic heterocycles. The van der Waals surface area contributed by atoms with Crippen LogP contribution in [-0.2, 0) is 14.3 Å². The number of hydrogen-bond acceptors (Lipinski definition) is 4. The third-order valence-electron chi connectivity index (χ3n) is 2.65. The minimum Gasteiger partial charge on any atom is -0.480 e. The Morgan fingerprint density at radius 3 is 2.45 bits per heavy atom. The molecule has 0 bridgehead atoms. The summed E-state index contributed by atoms with van der Waals surface area (Å²) in [6, 6.07) is -1.62. The Hall–Kier alpha value is -1.83. The van der Waals surface area contributed by atoms with Crippen molar-refractivity contribution in [3.8, 4) is 0 Å². The van der Waals surface area contributed by atoms with Crippen LogP contribution in [-0.4, -0.2) is 60.3 Å². The second-order valence-corrected chi connectivity index (χ2v) is 4.12. The van der Waals surface area contributed by atoms with Gasteiger partial charge in [0.15, 0.2) is 0 Å². The third-order valence-corrected chi connectivity index (χ3v) is 2.65. The predicted molar refractivity (Wildman–Crippen MR) is 72.1 cm³/mol. The van der Waals surface area contributed by atoms with Gasteiger partial charge >= 0.3 is 12.0 Å². The van der Waals surface area contributed by atoms with Crippen LogP contribution in [0, 0.1) is 0 Å². The summed E-state index contributed by atoms with van der Waals surface area (Å²) in [4.78, 5) is 35.0. The molecule has 0 saturated carbocycles. The first kappa shape index (κ1) is 18.2. The quantitative estimate of drug-likeness (QED) is 0.480. The summed E-state index contributed by atoms with van der Waals surface area (Å²) >= 11 is 0. The zero-order valence-electron chi connectivity index (χ0n) is 11.9. The van der Waals surface area contributed by atoms with Crippen LogP contribution in [0.2, 0.25) is 0 Å². The van der Waals surface area contributed by atoms with Gasteiger partial charge in [-0.15, -0.1) is 0 Å². The van der Waals surface area contributed by atoms with E-state index in [1.807, 2.05) is 6.92 Å². The van der Waals surface area contributed by atoms with Gasteiger partial charge in [-0.1, -0.05) is 0 Å². The van der Waals surface area contributed by atoms with Crippen molar-refractivity contribution in [3.05, 3.63) is 0 Å². The van der Waals surface area contributed by atoms with Crippen LogP contribution in [0.3, 0.4) is 0 Å². The molecule has 0 aliphatic rings. The highest BCUT2D eigenvalue weighted by atomic mass is 16.5. The molecule has 0 aliphatic carbocycles. The van der Waals surface area contributed by atoms with Crippen molar-refractivity contribution >= 4 is 17.9 Å². The van der Waals surface area contributed by atoms with Gasteiger partial charge in [-0.3, -0.25) is 4.79 Å². The molecule has 8 nitrogen and oxygen atoms in total. The van der Waals surface area contributed by atoms with Crippen LogP contribution < -0.4 is 11.1 Å². The van der Waals surface area contributed by atoms with Crippen LogP contribution in [0.4, 0.5) is 4.79 Å². The van der Waals surface area contributed by atoms with E-state index < -0.39 is 23.9 Å². The summed E-state index contributed by atoms with van der Waals surface area (Å²) in [7, 11) is 0. The van der Waals surface area contributed by atoms with Gasteiger partial charge in [-0.2, -0.15) is 0 Å². The Bertz CT molecular complexity index is 335. The van der Waals surface area contributed by atoms with Gasteiger partial charge in [0.2, 0.25) is 5.91 Å². The lowest BCUT2D eigenvalue weighted by molar-refractivity contribution is -0.139. The number of primary amides is 1. The lowest BCUT2D eigenvalue weighted by atomic mass is 10.1. The van der Waals surface area contributed by atoms with E-state index in [9.17, 15) is 14.4 Å². The average molecular weight is 289 g/mol. The fraction of sp³-hybridized carbons (Fsp3) is 0.750. The van der Waals surface area contributed by atoms with Crippen LogP contribution in [0.5, 0.6) is 0 Å². The van der Waals surface area contributed by atoms with E-state index in [1.165, 1.54) is 4.90 Å². The number of hydrogen-bond donors (Lipinski definition) is 3. The highest BCUT2D eigenvalue weighted by Crippen LogP contribution is 2.00. The molecule has 20 heavy (non-hydrogen) atoms. The summed E-state index contributed by atoms with van der Waals surface area (Å²) in [5, 5.41) is 11.4. The molecule has 1 atom stereocenters. The van der Waals surface area contributed by atoms with Gasteiger partial charge in [-0.25, -0.2) is 9.59 Å². The molecular formula is C12H23N3O5. The second-order valence-electron chi connectivity index (χ2n) is 4.12. The van der Waals surface area contributed by atoms with Gasteiger partial charge in [0.25, 0.3) is 0 Å². The summed E-state index contributed by atoms with van der Waals surface area (Å²) < 4.78 is 5.15. The van der Waals surface area contributed by atoms with Crippen LogP contribution in [0.15, 0.2) is 0 Å². The minimum atomic E-state index is -1.19. The molecular weight excluding hydrogens is 266 g/mol. The first-order chi connectivity index (χ1) is 9.42. The summed E-state index contributed by atoms with van der Waals surface area (Å²) in [6.45, 7) is 5.37. The molecule has 0 aromatic rings. The maximum Gasteiger partial charge on any atom is 0.326 e. The Morgan fingerprint density at radius 2 is 2.00 bits per heavy atom. The highest BCUT2D eigenvalue weighted by Gasteiger charge is 2.22. The molecule has 3 amide bonds. The largest absolute Gasteiger partial charge is 0.480 e. The van der Waals surface area contributed by atoms with Crippen molar-refractivity contribution in [1.82, 2.24) is 10.2 Å². The van der Waals surface area contributed by atoms with E-state index in [1.54, 1.807) is 6.92 Å². The number of carboxylic acids is 1. The van der Waals surface area contributed by atoms with Crippen molar-refractivity contribution < 1.29 is 24.2 Å². The Balaban J connectivity index is 4.39. The van der Waals surface area contributed by atoms with Crippen LogP contribution >= 0.6 is 0 Å². The number of nitrogens with two attached hydrogens (primary N) is 1. The maximum absolute atomic E-state index is 11.9. The molecule has 4 N–H and O–H groups in total. The zero-order valence-corrected chi connectivity index (χ0v) is 11.9. The molecule has 0 aromatic heterocycles. The first-order valence-corrected chi connectivity index (χ1v) is 6.56. The number of carbonyl (C=O) groups is 3. The van der Waals surface area contributed by atoms with E-state index in [0.29, 0.717) is 26.3 Å². The first-order valence-electron chi connectivity index (χ1n) is 6.56. The monoisotopic (exact) mass is 289 g/mol. The number of carbonyl (C=O) groups excluding carboxylic acids is 2. The van der Waals surface area contributed by atoms with E-state index in [2.05, 4.69) is 5.32 Å². The van der Waals surface area contributed by atoms with Crippen LogP contribution in [0.1, 0.15) is 26.7 Å². The number of likely N-dealkylation sites (N-methyl/N-ethyl adjacent to an activating group) is 1. The number of urea groups is 1. The second kappa shape index (κ2) is 10.0. The Morgan fingerprint density at radius 1 is 1.35 bits per heavy atom. The molecule has 0 saturated heterocycles. The van der Waals surface area contributed by atoms with Crippen molar-refractivity contribution in [2.75, 3.05) is 26.3 Å². The lowest BCUT2D eigenvalue weighted by Crippen LogP contribution is -2.49. The molecule has 0 rings (SSSR count). The van der Waals surface area contributed by atoms with Crippen molar-refractivity contribution in [2.45, 2.75) is 32.7 Å². The fourth-order valence-corrected chi connectivity index (χ4v) is 1.51. The number of nitrogens with zero attached hydrogens (tertiary/aromatic N) is 1. The maximum atomic E-state index is 11.9.